The van der Waals surface area contributed by atoms with Gasteiger partial charge in [0.2, 0.25) is 16.3 Å². The van der Waals surface area contributed by atoms with Gasteiger partial charge in [-0.1, -0.05) is 59.1 Å². The topological polar surface area (TPSA) is 309 Å². The van der Waals surface area contributed by atoms with Gasteiger partial charge in [-0.15, -0.1) is 30.6 Å². The number of ketones is 2. The van der Waals surface area contributed by atoms with E-state index in [4.69, 9.17) is 33.2 Å². The molecule has 38 heteroatoms. The summed E-state index contributed by atoms with van der Waals surface area (Å²) >= 11 is 3.29. The van der Waals surface area contributed by atoms with Gasteiger partial charge in [0, 0.05) is 129 Å². The third-order valence-electron chi connectivity index (χ3n) is 22.5. The first-order valence-electron chi connectivity index (χ1n) is 41.5. The van der Waals surface area contributed by atoms with Crippen LogP contribution in [0, 0.1) is 34.9 Å². The second-order valence-electron chi connectivity index (χ2n) is 31.3. The maximum Gasteiger partial charge on any atom is 0.429 e. The van der Waals surface area contributed by atoms with Crippen molar-refractivity contribution in [3.05, 3.63) is 188 Å². The lowest BCUT2D eigenvalue weighted by atomic mass is 9.84. The molecule has 125 heavy (non-hydrogen) atoms. The number of amides is 3. The minimum Gasteiger partial charge on any atom is -0.491 e. The summed E-state index contributed by atoms with van der Waals surface area (Å²) in [4.78, 5) is 108. The van der Waals surface area contributed by atoms with Gasteiger partial charge in [-0.05, 0) is 161 Å². The third kappa shape index (κ3) is 20.7. The number of pyridine rings is 3. The molecule has 8 heterocycles. The molecule has 0 saturated heterocycles. The van der Waals surface area contributed by atoms with Gasteiger partial charge in [-0.25, -0.2) is 40.8 Å². The molecule has 2 spiro atoms. The first-order valence-corrected chi connectivity index (χ1v) is 43.9. The first kappa shape index (κ1) is 94.9. The van der Waals surface area contributed by atoms with Crippen LogP contribution in [0.15, 0.2) is 87.6 Å². The number of fused-ring (bicyclic) bond motifs is 2. The van der Waals surface area contributed by atoms with Crippen LogP contribution in [0.3, 0.4) is 0 Å². The number of benzene rings is 3. The zero-order valence-corrected chi connectivity index (χ0v) is 75.0. The molecule has 14 rings (SSSR count). The smallest absolute Gasteiger partial charge is 0.429 e. The monoisotopic (exact) mass is 1790 g/mol. The minimum atomic E-state index is -0.811. The molecule has 3 aliphatic carbocycles. The van der Waals surface area contributed by atoms with Gasteiger partial charge in [0.15, 0.2) is 55.1 Å². The number of Topliss-reactive ketones (excluding diaryl/α,β-unsaturated/α-hetero) is 2. The van der Waals surface area contributed by atoms with E-state index >= 15 is 0 Å². The van der Waals surface area contributed by atoms with Crippen LogP contribution in [0.4, 0.5) is 31.1 Å². The van der Waals surface area contributed by atoms with Crippen LogP contribution in [0.1, 0.15) is 215 Å². The molecule has 29 nitrogen and oxygen atoms in total. The van der Waals surface area contributed by atoms with Gasteiger partial charge < -0.3 is 43.0 Å². The Morgan fingerprint density at radius 2 is 0.840 bits per heavy atom. The Bertz CT molecular complexity index is 5380. The number of aromatic nitrogens is 9. The molecule has 0 bridgehead atoms. The number of nitrogens with zero attached hydrogens (tertiary/aromatic N) is 14. The van der Waals surface area contributed by atoms with Crippen molar-refractivity contribution in [2.75, 3.05) is 90.4 Å². The number of ether oxygens (including phenoxy) is 7. The number of hydrogen-bond donors (Lipinski definition) is 0. The predicted octanol–water partition coefficient (Wildman–Crippen LogP) is 14.2. The highest BCUT2D eigenvalue weighted by Gasteiger charge is 2.53. The molecule has 0 N–H and O–H groups in total. The van der Waals surface area contributed by atoms with Gasteiger partial charge in [-0.2, -0.15) is 0 Å². The summed E-state index contributed by atoms with van der Waals surface area (Å²) in [6.07, 6.45) is 14.7. The average Bonchev–Trinajstić information content (AvgIpc) is 0.926. The van der Waals surface area contributed by atoms with Crippen molar-refractivity contribution in [2.24, 2.45) is 0 Å². The molecular weight excluding hydrogens is 1690 g/mol. The number of hydrogen-bond acceptors (Lipinski definition) is 26. The van der Waals surface area contributed by atoms with Gasteiger partial charge in [0.05, 0.1) is 56.3 Å². The van der Waals surface area contributed by atoms with Crippen LogP contribution >= 0.6 is 34.0 Å². The van der Waals surface area contributed by atoms with Crippen molar-refractivity contribution in [2.45, 2.75) is 207 Å². The van der Waals surface area contributed by atoms with Gasteiger partial charge in [-0.3, -0.25) is 52.9 Å². The molecule has 9 aromatic rings. The molecule has 3 saturated carbocycles. The third-order valence-corrected chi connectivity index (χ3v) is 25.4. The highest BCUT2D eigenvalue weighted by Crippen LogP contribution is 2.45. The van der Waals surface area contributed by atoms with E-state index in [-0.39, 0.29) is 122 Å². The van der Waals surface area contributed by atoms with E-state index in [9.17, 15) is 64.7 Å². The molecular formula is C87H104F6N14O15S3. The number of methoxy groups -OCH3 is 3. The zero-order chi connectivity index (χ0) is 90.7. The van der Waals surface area contributed by atoms with Crippen molar-refractivity contribution in [1.29, 1.82) is 0 Å². The van der Waals surface area contributed by atoms with Gasteiger partial charge >= 0.3 is 6.09 Å². The van der Waals surface area contributed by atoms with Crippen LogP contribution in [0.25, 0.3) is 31.7 Å². The van der Waals surface area contributed by atoms with Crippen LogP contribution in [0.2, 0.25) is 0 Å². The van der Waals surface area contributed by atoms with Crippen molar-refractivity contribution >= 4 is 63.5 Å². The molecule has 0 atom stereocenters. The standard InChI is InChI=1S/2C27H31F2N5O4S.C25H28F2N4O5S.C8H14O2/c2*1-5-33-26(36)22-24(37-4)23(35)19(15-34(22)32(3)27(33)11-9-18(10-12-27)38-6-2)25-31-30-21(39-25)13-16-7-8-17(28)14-20(16)29;1-7-8-18(32)20-22(35-6)21(33)16(13-31(20)30(5)24(34)36-25(2,3)4)23-29-28-19(37-23)11-14-9-10-15(26)12-17(14)27;1-2-10-8-5-3-7(9)4-6-8/h2*7-8,14-15,18H,5-6,9-13H2,1-4H3;9-10,12-13H,7-8,11H2,1-6H3;8H,2-6H2,1H3. The molecule has 0 radical (unpaired) electrons. The fraction of sp³-hybridized carbons (Fsp3) is 0.494. The lowest BCUT2D eigenvalue weighted by Gasteiger charge is -2.56. The second-order valence-corrected chi connectivity index (χ2v) is 34.5. The highest BCUT2D eigenvalue weighted by molar-refractivity contribution is 7.15. The Kier molecular flexibility index (Phi) is 31.2. The van der Waals surface area contributed by atoms with E-state index in [2.05, 4.69) is 30.6 Å². The first-order chi connectivity index (χ1) is 59.6. The maximum absolute atomic E-state index is 14.2. The molecule has 0 unspecified atom stereocenters. The van der Waals surface area contributed by atoms with E-state index < -0.39 is 80.0 Å². The molecule has 5 aliphatic rings. The Morgan fingerprint density at radius 3 is 1.16 bits per heavy atom. The number of carbonyl (C=O) groups excluding carboxylic acids is 5. The summed E-state index contributed by atoms with van der Waals surface area (Å²) in [5.41, 5.74) is -2.13. The van der Waals surface area contributed by atoms with Crippen LogP contribution in [-0.4, -0.2) is 195 Å². The average molecular weight is 1800 g/mol. The minimum absolute atomic E-state index is 0.0173. The molecule has 3 aromatic carbocycles. The van der Waals surface area contributed by atoms with Gasteiger partial charge in [0.25, 0.3) is 11.8 Å². The molecule has 2 aliphatic heterocycles. The highest BCUT2D eigenvalue weighted by atomic mass is 32.1. The normalized spacial score (nSPS) is 18.2. The summed E-state index contributed by atoms with van der Waals surface area (Å²) < 4.78 is 126. The van der Waals surface area contributed by atoms with Crippen LogP contribution in [-0.2, 0) is 43.0 Å². The molecule has 6 aromatic heterocycles. The Morgan fingerprint density at radius 1 is 0.496 bits per heavy atom. The van der Waals surface area contributed by atoms with Crippen LogP contribution in [0.5, 0.6) is 17.2 Å². The van der Waals surface area contributed by atoms with Crippen molar-refractivity contribution in [1.82, 2.24) is 54.4 Å². The fourth-order valence-corrected chi connectivity index (χ4v) is 18.9. The Labute approximate surface area is 731 Å². The fourth-order valence-electron chi connectivity index (χ4n) is 16.3. The number of rotatable bonds is 24. The Balaban J connectivity index is 0.000000172. The summed E-state index contributed by atoms with van der Waals surface area (Å²) in [6, 6.07) is 9.97. The largest absolute Gasteiger partial charge is 0.491 e. The number of halogens is 6. The summed E-state index contributed by atoms with van der Waals surface area (Å²) in [7, 11) is 9.21. The van der Waals surface area contributed by atoms with E-state index in [0.717, 1.165) is 121 Å². The van der Waals surface area contributed by atoms with Crippen molar-refractivity contribution < 1.29 is 83.5 Å². The van der Waals surface area contributed by atoms with Crippen LogP contribution < -0.4 is 45.5 Å². The van der Waals surface area contributed by atoms with E-state index in [1.807, 2.05) is 75.5 Å². The summed E-state index contributed by atoms with van der Waals surface area (Å²) in [5, 5.41) is 32.0. The molecule has 672 valence electrons. The lowest BCUT2D eigenvalue weighted by molar-refractivity contribution is -0.122. The van der Waals surface area contributed by atoms with Crippen molar-refractivity contribution in [3.63, 3.8) is 0 Å². The van der Waals surface area contributed by atoms with Gasteiger partial charge in [0.1, 0.15) is 72.6 Å². The summed E-state index contributed by atoms with van der Waals surface area (Å²) in [6.45, 7) is 19.8. The molecule has 3 amide bonds. The zero-order valence-electron chi connectivity index (χ0n) is 72.6. The van der Waals surface area contributed by atoms with E-state index in [1.54, 1.807) is 42.5 Å². The SMILES string of the molecule is CCCC(=O)c1c(OC)c(=O)c(-c2nnc(Cc3ccc(F)cc3F)s2)cn1N(C)C(=O)OC(C)(C)C.CCOC1CCC(=O)CC1.CCOC1CCC2(CC1)N(CC)C(=O)c1c(OC)c(=O)c(-c3nnc(Cc4ccc(F)cc4F)s3)cn1N2C.CCOC1CCC2(CC1)N(CC)C(=O)c1c(OC)c(=O)c(-c3nnc(Cc4ccc(F)cc4F)s3)cn1N2C. The quantitative estimate of drug-likeness (QED) is 0.0401. The predicted molar refractivity (Wildman–Crippen MR) is 459 cm³/mol. The maximum atomic E-state index is 14.2. The van der Waals surface area contributed by atoms with E-state index in [0.29, 0.717) is 95.3 Å². The van der Waals surface area contributed by atoms with Crippen molar-refractivity contribution in [3.8, 4) is 49.0 Å². The van der Waals surface area contributed by atoms with E-state index in [1.165, 1.54) is 69.6 Å². The molecule has 3 fully saturated rings. The summed E-state index contributed by atoms with van der Waals surface area (Å²) in [5.74, 6) is -5.01. The second kappa shape index (κ2) is 41.1. The lowest BCUT2D eigenvalue weighted by Crippen LogP contribution is -2.70. The number of carbonyl (C=O) groups is 5. The Hall–Kier alpha value is -10.8.